The number of nitrogens with zero attached hydrogens (tertiary/aromatic N) is 4. The minimum atomic E-state index is -0.560. The largest absolute Gasteiger partial charge is 0.381 e. The smallest absolute Gasteiger partial charge is 0.255 e. The topological polar surface area (TPSA) is 105 Å². The molecule has 1 amide bonds. The maximum Gasteiger partial charge on any atom is 0.255 e. The van der Waals surface area contributed by atoms with Crippen LogP contribution in [0, 0.1) is 28.5 Å². The lowest BCUT2D eigenvalue weighted by molar-refractivity contribution is 0.0829. The van der Waals surface area contributed by atoms with Gasteiger partial charge in [-0.2, -0.15) is 10.5 Å². The van der Waals surface area contributed by atoms with Crippen molar-refractivity contribution < 1.29 is 9.18 Å². The number of hydrogen-bond acceptors (Lipinski definition) is 6. The van der Waals surface area contributed by atoms with Crippen LogP contribution in [0.1, 0.15) is 27.0 Å². The van der Waals surface area contributed by atoms with Gasteiger partial charge in [0, 0.05) is 43.6 Å². The van der Waals surface area contributed by atoms with E-state index in [9.17, 15) is 14.4 Å². The van der Waals surface area contributed by atoms with Crippen LogP contribution in [0.25, 0.3) is 10.9 Å². The highest BCUT2D eigenvalue weighted by Gasteiger charge is 2.19. The van der Waals surface area contributed by atoms with Crippen LogP contribution in [0.2, 0.25) is 5.02 Å². The first-order chi connectivity index (χ1) is 17.3. The van der Waals surface area contributed by atoms with E-state index in [4.69, 9.17) is 16.9 Å². The van der Waals surface area contributed by atoms with E-state index in [1.165, 1.54) is 29.3 Å². The molecule has 2 N–H and O–H groups in total. The van der Waals surface area contributed by atoms with Crippen LogP contribution in [0.3, 0.4) is 0 Å². The summed E-state index contributed by atoms with van der Waals surface area (Å²) < 4.78 is 13.7. The zero-order chi connectivity index (χ0) is 25.8. The van der Waals surface area contributed by atoms with Crippen LogP contribution in [0.15, 0.2) is 60.8 Å². The zero-order valence-corrected chi connectivity index (χ0v) is 20.2. The Bertz CT molecular complexity index is 1550. The van der Waals surface area contributed by atoms with E-state index in [-0.39, 0.29) is 16.5 Å². The molecule has 178 valence electrons. The Labute approximate surface area is 212 Å². The van der Waals surface area contributed by atoms with Crippen molar-refractivity contribution in [3.05, 3.63) is 93.9 Å². The number of pyridine rings is 1. The number of rotatable bonds is 6. The Hall–Kier alpha value is -4.66. The molecule has 0 aliphatic rings. The fraction of sp³-hybridized carbons (Fsp3) is 0.111. The Morgan fingerprint density at radius 1 is 1.06 bits per heavy atom. The third-order valence-electron chi connectivity index (χ3n) is 5.50. The number of carbonyl (C=O) groups excluding carboxylic acids is 1. The Kier molecular flexibility index (Phi) is 7.00. The second kappa shape index (κ2) is 10.3. The average Bonchev–Trinajstić information content (AvgIpc) is 2.89. The molecule has 3 aromatic carbocycles. The highest BCUT2D eigenvalue weighted by Crippen LogP contribution is 2.34. The molecule has 4 aromatic rings. The van der Waals surface area contributed by atoms with Gasteiger partial charge in [0.15, 0.2) is 0 Å². The molecule has 0 unspecified atom stereocenters. The van der Waals surface area contributed by atoms with E-state index >= 15 is 0 Å². The second-order valence-electron chi connectivity index (χ2n) is 8.19. The van der Waals surface area contributed by atoms with E-state index in [0.717, 1.165) is 5.56 Å². The van der Waals surface area contributed by atoms with Crippen molar-refractivity contribution in [1.29, 1.82) is 10.5 Å². The summed E-state index contributed by atoms with van der Waals surface area (Å²) in [6.45, 7) is 0.439. The number of nitriles is 2. The van der Waals surface area contributed by atoms with E-state index in [2.05, 4.69) is 27.8 Å². The molecule has 36 heavy (non-hydrogen) atoms. The lowest BCUT2D eigenvalue weighted by Crippen LogP contribution is -2.22. The molecule has 0 radical (unpaired) electrons. The quantitative estimate of drug-likeness (QED) is 0.346. The van der Waals surface area contributed by atoms with Crippen molar-refractivity contribution in [2.24, 2.45) is 0 Å². The van der Waals surface area contributed by atoms with Gasteiger partial charge in [0.2, 0.25) is 0 Å². The number of anilines is 3. The summed E-state index contributed by atoms with van der Waals surface area (Å²) in [5.74, 6) is -0.814. The SMILES string of the molecule is CN(C)C(=O)c1cc(NCc2ccc(C#N)cc2)cc2c(Nc3ccc(F)c(Cl)c3)c(C#N)cnc12. The third kappa shape index (κ3) is 5.05. The van der Waals surface area contributed by atoms with Gasteiger partial charge in [-0.3, -0.25) is 9.78 Å². The molecule has 0 aliphatic carbocycles. The molecule has 1 heterocycles. The molecule has 7 nitrogen and oxygen atoms in total. The predicted octanol–water partition coefficient (Wildman–Crippen LogP) is 5.83. The van der Waals surface area contributed by atoms with Crippen LogP contribution >= 0.6 is 11.6 Å². The van der Waals surface area contributed by atoms with Gasteiger partial charge >= 0.3 is 0 Å². The standard InChI is InChI=1S/C27H20ClFN6O/c1-35(2)27(36)22-10-20(32-14-17-5-3-16(12-30)4-6-17)9-21-25(18(13-31)15-33-26(21)22)34-19-7-8-24(29)23(28)11-19/h3-11,15,32H,14H2,1-2H3,(H,33,34). The molecule has 0 bridgehead atoms. The first kappa shape index (κ1) is 24.5. The molecule has 0 saturated carbocycles. The number of halogens is 2. The number of fused-ring (bicyclic) bond motifs is 1. The summed E-state index contributed by atoms with van der Waals surface area (Å²) in [4.78, 5) is 18.9. The number of benzene rings is 3. The van der Waals surface area contributed by atoms with Crippen molar-refractivity contribution in [3.8, 4) is 12.1 Å². The zero-order valence-electron chi connectivity index (χ0n) is 19.4. The van der Waals surface area contributed by atoms with E-state index in [1.54, 1.807) is 38.4 Å². The van der Waals surface area contributed by atoms with Gasteiger partial charge < -0.3 is 15.5 Å². The molecule has 0 saturated heterocycles. The lowest BCUT2D eigenvalue weighted by Gasteiger charge is -2.18. The van der Waals surface area contributed by atoms with Crippen molar-refractivity contribution >= 4 is 45.5 Å². The Morgan fingerprint density at radius 3 is 2.44 bits per heavy atom. The molecule has 0 spiro atoms. The highest BCUT2D eigenvalue weighted by molar-refractivity contribution is 6.31. The molecule has 0 atom stereocenters. The summed E-state index contributed by atoms with van der Waals surface area (Å²) in [6, 6.07) is 19.0. The van der Waals surface area contributed by atoms with Gasteiger partial charge in [-0.1, -0.05) is 23.7 Å². The summed E-state index contributed by atoms with van der Waals surface area (Å²) >= 11 is 5.95. The summed E-state index contributed by atoms with van der Waals surface area (Å²) in [5.41, 5.74) is 4.04. The van der Waals surface area contributed by atoms with E-state index in [1.807, 2.05) is 12.1 Å². The van der Waals surface area contributed by atoms with Crippen molar-refractivity contribution in [3.63, 3.8) is 0 Å². The van der Waals surface area contributed by atoms with Crippen molar-refractivity contribution in [2.75, 3.05) is 24.7 Å². The molecule has 4 rings (SSSR count). The number of nitrogens with one attached hydrogen (secondary N) is 2. The Balaban J connectivity index is 1.83. The number of aromatic nitrogens is 1. The third-order valence-corrected chi connectivity index (χ3v) is 5.79. The lowest BCUT2D eigenvalue weighted by atomic mass is 10.0. The molecule has 9 heteroatoms. The van der Waals surface area contributed by atoms with Gasteiger partial charge in [0.05, 0.1) is 39.0 Å². The first-order valence-corrected chi connectivity index (χ1v) is 11.2. The summed E-state index contributed by atoms with van der Waals surface area (Å²) in [6.07, 6.45) is 1.39. The summed E-state index contributed by atoms with van der Waals surface area (Å²) in [5, 5.41) is 25.7. The van der Waals surface area contributed by atoms with E-state index in [0.29, 0.717) is 45.6 Å². The molecular weight excluding hydrogens is 479 g/mol. The molecular formula is C27H20ClFN6O. The Morgan fingerprint density at radius 2 is 1.81 bits per heavy atom. The van der Waals surface area contributed by atoms with Crippen LogP contribution in [0.4, 0.5) is 21.5 Å². The number of hydrogen-bond donors (Lipinski definition) is 2. The van der Waals surface area contributed by atoms with Crippen LogP contribution in [-0.2, 0) is 6.54 Å². The minimum absolute atomic E-state index is 0.0647. The van der Waals surface area contributed by atoms with Crippen LogP contribution in [-0.4, -0.2) is 29.9 Å². The maximum atomic E-state index is 13.7. The van der Waals surface area contributed by atoms with Gasteiger partial charge in [-0.05, 0) is 48.0 Å². The molecule has 0 aliphatic heterocycles. The van der Waals surface area contributed by atoms with Gasteiger partial charge in [-0.25, -0.2) is 4.39 Å². The fourth-order valence-corrected chi connectivity index (χ4v) is 3.83. The van der Waals surface area contributed by atoms with Crippen LogP contribution in [0.5, 0.6) is 0 Å². The summed E-state index contributed by atoms with van der Waals surface area (Å²) in [7, 11) is 3.29. The minimum Gasteiger partial charge on any atom is -0.381 e. The number of carbonyl (C=O) groups is 1. The normalized spacial score (nSPS) is 10.4. The average molecular weight is 499 g/mol. The van der Waals surface area contributed by atoms with Crippen molar-refractivity contribution in [2.45, 2.75) is 6.54 Å². The van der Waals surface area contributed by atoms with Gasteiger partial charge in [0.1, 0.15) is 11.9 Å². The fourth-order valence-electron chi connectivity index (χ4n) is 3.65. The highest BCUT2D eigenvalue weighted by atomic mass is 35.5. The molecule has 0 fully saturated rings. The predicted molar refractivity (Wildman–Crippen MR) is 138 cm³/mol. The van der Waals surface area contributed by atoms with Crippen LogP contribution < -0.4 is 10.6 Å². The van der Waals surface area contributed by atoms with Gasteiger partial charge in [0.25, 0.3) is 5.91 Å². The van der Waals surface area contributed by atoms with Gasteiger partial charge in [-0.15, -0.1) is 0 Å². The monoisotopic (exact) mass is 498 g/mol. The van der Waals surface area contributed by atoms with E-state index < -0.39 is 5.82 Å². The second-order valence-corrected chi connectivity index (χ2v) is 8.60. The van der Waals surface area contributed by atoms with Crippen molar-refractivity contribution in [1.82, 2.24) is 9.88 Å². The molecule has 1 aromatic heterocycles. The first-order valence-electron chi connectivity index (χ1n) is 10.8. The maximum absolute atomic E-state index is 13.7. The number of amides is 1.